The first-order chi connectivity index (χ1) is 9.06. The van der Waals surface area contributed by atoms with Gasteiger partial charge in [0.15, 0.2) is 11.5 Å². The number of amides is 1. The lowest BCUT2D eigenvalue weighted by atomic mass is 10.2. The molecule has 1 amide bonds. The van der Waals surface area contributed by atoms with Gasteiger partial charge in [0.2, 0.25) is 12.7 Å². The molecule has 0 aliphatic carbocycles. The Labute approximate surface area is 111 Å². The van der Waals surface area contributed by atoms with Gasteiger partial charge in [0.1, 0.15) is 0 Å². The average molecular weight is 266 g/mol. The van der Waals surface area contributed by atoms with Crippen LogP contribution in [0, 0.1) is 0 Å². The van der Waals surface area contributed by atoms with Crippen molar-refractivity contribution in [1.29, 1.82) is 0 Å². The predicted octanol–water partition coefficient (Wildman–Crippen LogP) is 1.75. The molecule has 3 N–H and O–H groups in total. The number of nitrogen functional groups attached to an aromatic ring is 1. The van der Waals surface area contributed by atoms with E-state index in [4.69, 9.17) is 19.9 Å². The van der Waals surface area contributed by atoms with E-state index in [9.17, 15) is 4.79 Å². The summed E-state index contributed by atoms with van der Waals surface area (Å²) in [5, 5.41) is 2.73. The van der Waals surface area contributed by atoms with Gasteiger partial charge in [0.25, 0.3) is 0 Å². The summed E-state index contributed by atoms with van der Waals surface area (Å²) in [5.41, 5.74) is 6.81. The number of fused-ring (bicyclic) bond motifs is 1. The Morgan fingerprint density at radius 3 is 2.79 bits per heavy atom. The molecule has 1 aromatic rings. The van der Waals surface area contributed by atoms with Crippen molar-refractivity contribution in [3.63, 3.8) is 0 Å². The van der Waals surface area contributed by atoms with Crippen LogP contribution in [-0.4, -0.2) is 25.4 Å². The van der Waals surface area contributed by atoms with Crippen LogP contribution in [0.2, 0.25) is 0 Å². The molecule has 2 rings (SSSR count). The highest BCUT2D eigenvalue weighted by molar-refractivity contribution is 5.94. The van der Waals surface area contributed by atoms with Crippen LogP contribution < -0.4 is 20.5 Å². The van der Waals surface area contributed by atoms with Crippen molar-refractivity contribution in [2.24, 2.45) is 0 Å². The highest BCUT2D eigenvalue weighted by Crippen LogP contribution is 2.38. The van der Waals surface area contributed by atoms with Crippen molar-refractivity contribution in [2.45, 2.75) is 26.4 Å². The fraction of sp³-hybridized carbons (Fsp3) is 0.462. The van der Waals surface area contributed by atoms with Crippen LogP contribution in [0.3, 0.4) is 0 Å². The average Bonchev–Trinajstić information content (AvgIpc) is 2.76. The van der Waals surface area contributed by atoms with Gasteiger partial charge in [-0.15, -0.1) is 0 Å². The summed E-state index contributed by atoms with van der Waals surface area (Å²) in [5.74, 6) is 1.03. The molecule has 6 nitrogen and oxygen atoms in total. The first-order valence-electron chi connectivity index (χ1n) is 6.17. The van der Waals surface area contributed by atoms with Crippen LogP contribution in [0.1, 0.15) is 20.3 Å². The van der Waals surface area contributed by atoms with Crippen LogP contribution >= 0.6 is 0 Å². The Kier molecular flexibility index (Phi) is 4.11. The van der Waals surface area contributed by atoms with Crippen molar-refractivity contribution < 1.29 is 19.0 Å². The van der Waals surface area contributed by atoms with Gasteiger partial charge in [-0.3, -0.25) is 4.79 Å². The monoisotopic (exact) mass is 266 g/mol. The minimum absolute atomic E-state index is 0.114. The van der Waals surface area contributed by atoms with Crippen molar-refractivity contribution in [1.82, 2.24) is 0 Å². The van der Waals surface area contributed by atoms with Gasteiger partial charge in [-0.1, -0.05) is 0 Å². The molecule has 19 heavy (non-hydrogen) atoms. The second-order valence-electron chi connectivity index (χ2n) is 4.51. The molecule has 0 unspecified atom stereocenters. The van der Waals surface area contributed by atoms with E-state index in [0.29, 0.717) is 29.5 Å². The van der Waals surface area contributed by atoms with Gasteiger partial charge >= 0.3 is 0 Å². The molecule has 0 fully saturated rings. The number of nitrogens with one attached hydrogen (secondary N) is 1. The minimum Gasteiger partial charge on any atom is -0.454 e. The Hall–Kier alpha value is -1.95. The molecule has 104 valence electrons. The fourth-order valence-corrected chi connectivity index (χ4v) is 1.67. The molecule has 1 aliphatic heterocycles. The van der Waals surface area contributed by atoms with Crippen molar-refractivity contribution in [3.8, 4) is 11.5 Å². The zero-order chi connectivity index (χ0) is 13.8. The predicted molar refractivity (Wildman–Crippen MR) is 71.3 cm³/mol. The molecule has 0 bridgehead atoms. The highest BCUT2D eigenvalue weighted by Gasteiger charge is 2.17. The third-order valence-electron chi connectivity index (χ3n) is 2.60. The largest absolute Gasteiger partial charge is 0.454 e. The number of hydrogen-bond acceptors (Lipinski definition) is 5. The SMILES string of the molecule is CC(C)OCCC(=O)Nc1cc2c(cc1N)OCO2. The number of carbonyl (C=O) groups excluding carboxylic acids is 1. The molecular formula is C13H18N2O4. The summed E-state index contributed by atoms with van der Waals surface area (Å²) < 4.78 is 15.7. The molecule has 0 saturated heterocycles. The van der Waals surface area contributed by atoms with E-state index >= 15 is 0 Å². The van der Waals surface area contributed by atoms with Gasteiger partial charge in [0.05, 0.1) is 30.5 Å². The van der Waals surface area contributed by atoms with Crippen molar-refractivity contribution >= 4 is 17.3 Å². The lowest BCUT2D eigenvalue weighted by Crippen LogP contribution is -2.16. The third kappa shape index (κ3) is 3.51. The first kappa shape index (κ1) is 13.5. The smallest absolute Gasteiger partial charge is 0.231 e. The highest BCUT2D eigenvalue weighted by atomic mass is 16.7. The summed E-state index contributed by atoms with van der Waals surface area (Å²) in [4.78, 5) is 11.7. The van der Waals surface area contributed by atoms with Crippen LogP contribution in [0.5, 0.6) is 11.5 Å². The van der Waals surface area contributed by atoms with E-state index < -0.39 is 0 Å². The third-order valence-corrected chi connectivity index (χ3v) is 2.60. The lowest BCUT2D eigenvalue weighted by Gasteiger charge is -2.10. The number of anilines is 2. The number of ether oxygens (including phenoxy) is 3. The molecule has 1 heterocycles. The summed E-state index contributed by atoms with van der Waals surface area (Å²) in [7, 11) is 0. The topological polar surface area (TPSA) is 82.8 Å². The van der Waals surface area contributed by atoms with E-state index in [0.717, 1.165) is 0 Å². The van der Waals surface area contributed by atoms with Crippen LogP contribution in [0.15, 0.2) is 12.1 Å². The van der Waals surface area contributed by atoms with Crippen molar-refractivity contribution in [2.75, 3.05) is 24.5 Å². The molecule has 0 saturated carbocycles. The maximum Gasteiger partial charge on any atom is 0.231 e. The quantitative estimate of drug-likeness (QED) is 0.793. The normalized spacial score (nSPS) is 12.8. The molecule has 1 aliphatic rings. The maximum absolute atomic E-state index is 11.7. The van der Waals surface area contributed by atoms with Crippen LogP contribution in [0.25, 0.3) is 0 Å². The summed E-state index contributed by atoms with van der Waals surface area (Å²) >= 11 is 0. The number of carbonyl (C=O) groups is 1. The Morgan fingerprint density at radius 2 is 2.11 bits per heavy atom. The number of nitrogens with two attached hydrogens (primary N) is 1. The van der Waals surface area contributed by atoms with Gasteiger partial charge in [0, 0.05) is 12.1 Å². The van der Waals surface area contributed by atoms with E-state index in [2.05, 4.69) is 5.32 Å². The Morgan fingerprint density at radius 1 is 1.42 bits per heavy atom. The molecule has 0 spiro atoms. The number of rotatable bonds is 5. The standard InChI is InChI=1S/C13H18N2O4/c1-8(2)17-4-3-13(16)15-10-6-12-11(5-9(10)14)18-7-19-12/h5-6,8H,3-4,7,14H2,1-2H3,(H,15,16). The second kappa shape index (κ2) is 5.79. The molecule has 6 heteroatoms. The minimum atomic E-state index is -0.147. The van der Waals surface area contributed by atoms with E-state index in [1.54, 1.807) is 12.1 Å². The van der Waals surface area contributed by atoms with Crippen LogP contribution in [0.4, 0.5) is 11.4 Å². The fourth-order valence-electron chi connectivity index (χ4n) is 1.67. The van der Waals surface area contributed by atoms with Gasteiger partial charge in [-0.2, -0.15) is 0 Å². The Balaban J connectivity index is 1.93. The second-order valence-corrected chi connectivity index (χ2v) is 4.51. The molecular weight excluding hydrogens is 248 g/mol. The Bertz CT molecular complexity index is 474. The van der Waals surface area contributed by atoms with Crippen LogP contribution in [-0.2, 0) is 9.53 Å². The van der Waals surface area contributed by atoms with Gasteiger partial charge < -0.3 is 25.3 Å². The number of hydrogen-bond donors (Lipinski definition) is 2. The van der Waals surface area contributed by atoms with E-state index in [1.165, 1.54) is 0 Å². The van der Waals surface area contributed by atoms with Gasteiger partial charge in [-0.05, 0) is 13.8 Å². The van der Waals surface area contributed by atoms with E-state index in [1.807, 2.05) is 13.8 Å². The zero-order valence-corrected chi connectivity index (χ0v) is 11.1. The maximum atomic E-state index is 11.7. The summed E-state index contributed by atoms with van der Waals surface area (Å²) in [6.45, 7) is 4.41. The zero-order valence-electron chi connectivity index (χ0n) is 11.1. The van der Waals surface area contributed by atoms with E-state index in [-0.39, 0.29) is 25.2 Å². The molecule has 0 atom stereocenters. The summed E-state index contributed by atoms with van der Waals surface area (Å²) in [6.07, 6.45) is 0.398. The van der Waals surface area contributed by atoms with Gasteiger partial charge in [-0.25, -0.2) is 0 Å². The summed E-state index contributed by atoms with van der Waals surface area (Å²) in [6, 6.07) is 3.31. The molecule has 0 aromatic heterocycles. The first-order valence-corrected chi connectivity index (χ1v) is 6.17. The van der Waals surface area contributed by atoms with Crippen molar-refractivity contribution in [3.05, 3.63) is 12.1 Å². The number of benzene rings is 1. The lowest BCUT2D eigenvalue weighted by molar-refractivity contribution is -0.117. The molecule has 0 radical (unpaired) electrons. The molecule has 1 aromatic carbocycles.